The number of piperidine rings is 2. The van der Waals surface area contributed by atoms with Gasteiger partial charge < -0.3 is 19.2 Å². The van der Waals surface area contributed by atoms with Gasteiger partial charge >= 0.3 is 0 Å². The Bertz CT molecular complexity index is 637. The summed E-state index contributed by atoms with van der Waals surface area (Å²) in [6, 6.07) is -0.281. The van der Waals surface area contributed by atoms with Gasteiger partial charge in [0.2, 0.25) is 17.7 Å². The van der Waals surface area contributed by atoms with Crippen LogP contribution in [-0.4, -0.2) is 71.5 Å². The molecule has 2 amide bonds. The summed E-state index contributed by atoms with van der Waals surface area (Å²) in [6.07, 6.45) is 4.86. The Morgan fingerprint density at radius 2 is 1.88 bits per heavy atom. The van der Waals surface area contributed by atoms with Crippen LogP contribution in [0.3, 0.4) is 0 Å². The summed E-state index contributed by atoms with van der Waals surface area (Å²) in [7, 11) is 3.76. The molecule has 0 radical (unpaired) electrons. The van der Waals surface area contributed by atoms with Crippen molar-refractivity contribution in [2.75, 3.05) is 38.6 Å². The van der Waals surface area contributed by atoms with Gasteiger partial charge in [-0.15, -0.1) is 0 Å². The normalized spacial score (nSPS) is 21.7. The van der Waals surface area contributed by atoms with E-state index in [1.165, 1.54) is 0 Å². The maximum Gasteiger partial charge on any atom is 0.265 e. The van der Waals surface area contributed by atoms with Gasteiger partial charge in [-0.3, -0.25) is 9.59 Å². The number of likely N-dealkylation sites (tertiary alicyclic amines) is 2. The largest absolute Gasteiger partial charge is 0.344 e. The van der Waals surface area contributed by atoms with Gasteiger partial charge in [0, 0.05) is 46.1 Å². The van der Waals surface area contributed by atoms with Crippen molar-refractivity contribution in [1.29, 1.82) is 0 Å². The topological polar surface area (TPSA) is 82.8 Å². The number of amides is 2. The van der Waals surface area contributed by atoms with E-state index in [0.29, 0.717) is 37.9 Å². The minimum atomic E-state index is -0.281. The Balaban J connectivity index is 1.59. The number of rotatable bonds is 4. The molecule has 0 spiro atoms. The Hall–Kier alpha value is -2.12. The van der Waals surface area contributed by atoms with Crippen LogP contribution in [-0.2, 0) is 9.59 Å². The SMILES string of the molecule is CCC(=O)N1CCCC[C@H]1C(=O)N1CCC(c2nc(N(C)C)no2)CC1. The third-order valence-corrected chi connectivity index (χ3v) is 5.40. The third kappa shape index (κ3) is 3.83. The van der Waals surface area contributed by atoms with Gasteiger partial charge in [0.05, 0.1) is 0 Å². The number of aromatic nitrogens is 2. The van der Waals surface area contributed by atoms with Crippen molar-refractivity contribution in [2.24, 2.45) is 0 Å². The maximum absolute atomic E-state index is 13.0. The second kappa shape index (κ2) is 8.05. The fourth-order valence-electron chi connectivity index (χ4n) is 3.82. The summed E-state index contributed by atoms with van der Waals surface area (Å²) in [4.78, 5) is 35.1. The fourth-order valence-corrected chi connectivity index (χ4v) is 3.82. The number of carbonyl (C=O) groups is 2. The summed E-state index contributed by atoms with van der Waals surface area (Å²) in [5, 5.41) is 3.97. The van der Waals surface area contributed by atoms with Gasteiger partial charge in [-0.25, -0.2) is 0 Å². The first-order valence-electron chi connectivity index (χ1n) is 9.60. The zero-order valence-electron chi connectivity index (χ0n) is 16.0. The number of hydrogen-bond donors (Lipinski definition) is 0. The molecule has 8 nitrogen and oxygen atoms in total. The van der Waals surface area contributed by atoms with Crippen molar-refractivity contribution >= 4 is 17.8 Å². The molecule has 0 aromatic carbocycles. The Kier molecular flexibility index (Phi) is 5.78. The summed E-state index contributed by atoms with van der Waals surface area (Å²) < 4.78 is 5.38. The molecule has 26 heavy (non-hydrogen) atoms. The van der Waals surface area contributed by atoms with Crippen LogP contribution in [0.4, 0.5) is 5.95 Å². The Morgan fingerprint density at radius 3 is 2.50 bits per heavy atom. The van der Waals surface area contributed by atoms with Crippen molar-refractivity contribution in [1.82, 2.24) is 19.9 Å². The van der Waals surface area contributed by atoms with Crippen LogP contribution in [0.2, 0.25) is 0 Å². The smallest absolute Gasteiger partial charge is 0.265 e. The summed E-state index contributed by atoms with van der Waals surface area (Å²) in [6.45, 7) is 3.91. The van der Waals surface area contributed by atoms with Crippen LogP contribution in [0.15, 0.2) is 4.52 Å². The molecule has 2 aliphatic heterocycles. The minimum Gasteiger partial charge on any atom is -0.344 e. The van der Waals surface area contributed by atoms with Gasteiger partial charge in [0.15, 0.2) is 0 Å². The average Bonchev–Trinajstić information content (AvgIpc) is 3.17. The molecule has 144 valence electrons. The van der Waals surface area contributed by atoms with Gasteiger partial charge in [-0.1, -0.05) is 6.92 Å². The van der Waals surface area contributed by atoms with Crippen LogP contribution in [0.1, 0.15) is 57.3 Å². The first kappa shape index (κ1) is 18.7. The highest BCUT2D eigenvalue weighted by atomic mass is 16.5. The number of hydrogen-bond acceptors (Lipinski definition) is 6. The lowest BCUT2D eigenvalue weighted by Crippen LogP contribution is -2.54. The standard InChI is InChI=1S/C18H29N5O3/c1-4-15(24)23-10-6-5-7-14(23)17(25)22-11-8-13(9-12-22)16-19-18(20-26-16)21(2)3/h13-14H,4-12H2,1-3H3/t14-/m0/s1. The van der Waals surface area contributed by atoms with E-state index in [1.807, 2.05) is 30.8 Å². The predicted molar refractivity (Wildman–Crippen MR) is 96.8 cm³/mol. The van der Waals surface area contributed by atoms with Crippen molar-refractivity contribution in [3.8, 4) is 0 Å². The molecule has 0 saturated carbocycles. The molecular weight excluding hydrogens is 334 g/mol. The van der Waals surface area contributed by atoms with E-state index >= 15 is 0 Å². The molecule has 1 aromatic rings. The maximum atomic E-state index is 13.0. The molecule has 0 N–H and O–H groups in total. The molecule has 2 saturated heterocycles. The fraction of sp³-hybridized carbons (Fsp3) is 0.778. The molecule has 2 fully saturated rings. The van der Waals surface area contributed by atoms with E-state index in [9.17, 15) is 9.59 Å². The van der Waals surface area contributed by atoms with Crippen molar-refractivity contribution in [3.05, 3.63) is 5.89 Å². The van der Waals surface area contributed by atoms with Gasteiger partial charge in [-0.05, 0) is 37.3 Å². The zero-order chi connectivity index (χ0) is 18.7. The highest BCUT2D eigenvalue weighted by molar-refractivity contribution is 5.88. The quantitative estimate of drug-likeness (QED) is 0.809. The average molecular weight is 363 g/mol. The molecule has 1 aromatic heterocycles. The van der Waals surface area contributed by atoms with E-state index in [0.717, 1.165) is 32.1 Å². The van der Waals surface area contributed by atoms with Gasteiger partial charge in [0.1, 0.15) is 6.04 Å². The Morgan fingerprint density at radius 1 is 1.15 bits per heavy atom. The lowest BCUT2D eigenvalue weighted by molar-refractivity contribution is -0.148. The number of nitrogens with zero attached hydrogens (tertiary/aromatic N) is 5. The van der Waals surface area contributed by atoms with Crippen LogP contribution < -0.4 is 4.90 Å². The molecule has 0 aliphatic carbocycles. The second-order valence-electron chi connectivity index (χ2n) is 7.38. The monoisotopic (exact) mass is 363 g/mol. The van der Waals surface area contributed by atoms with Crippen LogP contribution in [0.5, 0.6) is 0 Å². The molecule has 2 aliphatic rings. The number of anilines is 1. The highest BCUT2D eigenvalue weighted by Gasteiger charge is 2.36. The van der Waals surface area contributed by atoms with Crippen molar-refractivity contribution < 1.29 is 14.1 Å². The summed E-state index contributed by atoms with van der Waals surface area (Å²) in [5.74, 6) is 1.61. The Labute approximate surface area is 154 Å². The molecule has 8 heteroatoms. The lowest BCUT2D eigenvalue weighted by atomic mass is 9.94. The van der Waals surface area contributed by atoms with E-state index in [1.54, 1.807) is 4.90 Å². The molecule has 3 rings (SSSR count). The molecule has 1 atom stereocenters. The highest BCUT2D eigenvalue weighted by Crippen LogP contribution is 2.29. The van der Waals surface area contributed by atoms with E-state index in [4.69, 9.17) is 4.52 Å². The second-order valence-corrected chi connectivity index (χ2v) is 7.38. The van der Waals surface area contributed by atoms with Crippen LogP contribution in [0, 0.1) is 0 Å². The molecule has 0 bridgehead atoms. The third-order valence-electron chi connectivity index (χ3n) is 5.40. The summed E-state index contributed by atoms with van der Waals surface area (Å²) in [5.41, 5.74) is 0. The zero-order valence-corrected chi connectivity index (χ0v) is 16.0. The van der Waals surface area contributed by atoms with Gasteiger partial charge in [0.25, 0.3) is 5.95 Å². The number of carbonyl (C=O) groups excluding carboxylic acids is 2. The van der Waals surface area contributed by atoms with Crippen molar-refractivity contribution in [3.63, 3.8) is 0 Å². The minimum absolute atomic E-state index is 0.0833. The van der Waals surface area contributed by atoms with E-state index < -0.39 is 0 Å². The van der Waals surface area contributed by atoms with Crippen LogP contribution >= 0.6 is 0 Å². The van der Waals surface area contributed by atoms with E-state index in [2.05, 4.69) is 10.1 Å². The van der Waals surface area contributed by atoms with Crippen molar-refractivity contribution in [2.45, 2.75) is 57.4 Å². The molecule has 0 unspecified atom stereocenters. The molecular formula is C18H29N5O3. The first-order valence-corrected chi connectivity index (χ1v) is 9.60. The van der Waals surface area contributed by atoms with Crippen LogP contribution in [0.25, 0.3) is 0 Å². The summed E-state index contributed by atoms with van der Waals surface area (Å²) >= 11 is 0. The predicted octanol–water partition coefficient (Wildman–Crippen LogP) is 1.63. The molecule has 3 heterocycles. The first-order chi connectivity index (χ1) is 12.5. The lowest BCUT2D eigenvalue weighted by Gasteiger charge is -2.39. The van der Waals surface area contributed by atoms with E-state index in [-0.39, 0.29) is 23.8 Å². The van der Waals surface area contributed by atoms with Gasteiger partial charge in [-0.2, -0.15) is 4.98 Å².